The molecule has 0 bridgehead atoms. The third-order valence-electron chi connectivity index (χ3n) is 4.68. The first-order chi connectivity index (χ1) is 12.8. The molecule has 27 heavy (non-hydrogen) atoms. The molecule has 144 valence electrons. The van der Waals surface area contributed by atoms with Crippen molar-refractivity contribution in [3.8, 4) is 0 Å². The highest BCUT2D eigenvalue weighted by Gasteiger charge is 2.30. The van der Waals surface area contributed by atoms with E-state index in [-0.39, 0.29) is 30.1 Å². The van der Waals surface area contributed by atoms with Gasteiger partial charge in [-0.05, 0) is 43.2 Å². The highest BCUT2D eigenvalue weighted by molar-refractivity contribution is 7.89. The van der Waals surface area contributed by atoms with Gasteiger partial charge >= 0.3 is 0 Å². The smallest absolute Gasteiger partial charge is 0.256 e. The Hall–Kier alpha value is -1.96. The maximum atomic E-state index is 13.9. The molecule has 5 nitrogen and oxygen atoms in total. The fourth-order valence-electron chi connectivity index (χ4n) is 3.15. The summed E-state index contributed by atoms with van der Waals surface area (Å²) < 4.78 is 41.3. The van der Waals surface area contributed by atoms with Gasteiger partial charge in [0, 0.05) is 31.2 Å². The number of rotatable bonds is 3. The van der Waals surface area contributed by atoms with E-state index in [1.165, 1.54) is 33.5 Å². The second-order valence-corrected chi connectivity index (χ2v) is 8.71. The van der Waals surface area contributed by atoms with Gasteiger partial charge in [0.15, 0.2) is 0 Å². The summed E-state index contributed by atoms with van der Waals surface area (Å²) in [5, 5.41) is 0.391. The van der Waals surface area contributed by atoms with Crippen LogP contribution in [0.4, 0.5) is 4.39 Å². The monoisotopic (exact) mass is 410 g/mol. The molecule has 1 amide bonds. The Morgan fingerprint density at radius 3 is 2.52 bits per heavy atom. The third-order valence-corrected chi connectivity index (χ3v) is 7.13. The molecular weight excluding hydrogens is 391 g/mol. The molecule has 0 radical (unpaired) electrons. The van der Waals surface area contributed by atoms with Gasteiger partial charge in [-0.15, -0.1) is 0 Å². The van der Waals surface area contributed by atoms with Crippen LogP contribution in [-0.4, -0.2) is 49.7 Å². The third kappa shape index (κ3) is 4.00. The standard InChI is InChI=1S/C19H20ClFN2O3S/c1-14-16(20)7-4-9-18(14)27(25,26)23-11-5-10-22(12-13-23)19(24)15-6-2-3-8-17(15)21/h2-4,6-9H,5,10-13H2,1H3. The van der Waals surface area contributed by atoms with Gasteiger partial charge in [-0.25, -0.2) is 12.8 Å². The van der Waals surface area contributed by atoms with Crippen molar-refractivity contribution in [3.63, 3.8) is 0 Å². The molecule has 1 fully saturated rings. The van der Waals surface area contributed by atoms with Crippen molar-refractivity contribution in [2.75, 3.05) is 26.2 Å². The number of halogens is 2. The Morgan fingerprint density at radius 2 is 1.78 bits per heavy atom. The van der Waals surface area contributed by atoms with E-state index in [2.05, 4.69) is 0 Å². The highest BCUT2D eigenvalue weighted by atomic mass is 35.5. The molecular formula is C19H20ClFN2O3S. The summed E-state index contributed by atoms with van der Waals surface area (Å²) in [6.45, 7) is 2.67. The topological polar surface area (TPSA) is 57.7 Å². The van der Waals surface area contributed by atoms with E-state index >= 15 is 0 Å². The van der Waals surface area contributed by atoms with E-state index in [1.54, 1.807) is 25.1 Å². The number of carbonyl (C=O) groups excluding carboxylic acids is 1. The molecule has 0 spiro atoms. The number of carbonyl (C=O) groups is 1. The van der Waals surface area contributed by atoms with Crippen LogP contribution in [0.5, 0.6) is 0 Å². The second-order valence-electron chi connectivity index (χ2n) is 6.39. The van der Waals surface area contributed by atoms with Gasteiger partial charge in [0.1, 0.15) is 5.82 Å². The second kappa shape index (κ2) is 7.96. The van der Waals surface area contributed by atoms with Crippen molar-refractivity contribution in [2.45, 2.75) is 18.2 Å². The maximum Gasteiger partial charge on any atom is 0.256 e. The first-order valence-electron chi connectivity index (χ1n) is 8.61. The molecule has 0 atom stereocenters. The molecule has 3 rings (SSSR count). The van der Waals surface area contributed by atoms with Gasteiger partial charge in [0.2, 0.25) is 10.0 Å². The molecule has 1 aliphatic rings. The predicted octanol–water partition coefficient (Wildman–Crippen LogP) is 3.32. The first-order valence-corrected chi connectivity index (χ1v) is 10.4. The van der Waals surface area contributed by atoms with E-state index in [0.717, 1.165) is 0 Å². The highest BCUT2D eigenvalue weighted by Crippen LogP contribution is 2.26. The molecule has 8 heteroatoms. The fourth-order valence-corrected chi connectivity index (χ4v) is 5.10. The SMILES string of the molecule is Cc1c(Cl)cccc1S(=O)(=O)N1CCCN(C(=O)c2ccccc2F)CC1. The van der Waals surface area contributed by atoms with Gasteiger partial charge < -0.3 is 4.90 Å². The number of amides is 1. The zero-order chi connectivity index (χ0) is 19.6. The van der Waals surface area contributed by atoms with Gasteiger partial charge in [0.25, 0.3) is 5.91 Å². The minimum Gasteiger partial charge on any atom is -0.337 e. The van der Waals surface area contributed by atoms with Crippen molar-refractivity contribution in [2.24, 2.45) is 0 Å². The van der Waals surface area contributed by atoms with Crippen LogP contribution in [0.15, 0.2) is 47.4 Å². The van der Waals surface area contributed by atoms with Crippen molar-refractivity contribution in [1.29, 1.82) is 0 Å². The van der Waals surface area contributed by atoms with Crippen molar-refractivity contribution in [3.05, 3.63) is 64.4 Å². The predicted molar refractivity (Wildman–Crippen MR) is 102 cm³/mol. The summed E-state index contributed by atoms with van der Waals surface area (Å²) in [5.74, 6) is -1.00. The summed E-state index contributed by atoms with van der Waals surface area (Å²) in [6.07, 6.45) is 0.471. The molecule has 1 aliphatic heterocycles. The first kappa shape index (κ1) is 19.8. The van der Waals surface area contributed by atoms with E-state index < -0.39 is 21.7 Å². The molecule has 1 heterocycles. The largest absolute Gasteiger partial charge is 0.337 e. The van der Waals surface area contributed by atoms with Crippen LogP contribution in [0.2, 0.25) is 5.02 Å². The molecule has 0 N–H and O–H groups in total. The van der Waals surface area contributed by atoms with Gasteiger partial charge in [-0.1, -0.05) is 29.8 Å². The Balaban J connectivity index is 1.79. The van der Waals surface area contributed by atoms with Crippen LogP contribution in [0.3, 0.4) is 0 Å². The number of benzene rings is 2. The minimum absolute atomic E-state index is 0.000470. The Bertz CT molecular complexity index is 965. The van der Waals surface area contributed by atoms with Crippen LogP contribution in [0.1, 0.15) is 22.3 Å². The van der Waals surface area contributed by atoms with Gasteiger partial charge in [-0.3, -0.25) is 4.79 Å². The molecule has 0 aliphatic carbocycles. The zero-order valence-corrected chi connectivity index (χ0v) is 16.4. The van der Waals surface area contributed by atoms with Gasteiger partial charge in [0.05, 0.1) is 10.5 Å². The minimum atomic E-state index is -3.72. The Morgan fingerprint density at radius 1 is 1.04 bits per heavy atom. The van der Waals surface area contributed by atoms with E-state index in [4.69, 9.17) is 11.6 Å². The quantitative estimate of drug-likeness (QED) is 0.779. The number of sulfonamides is 1. The summed E-state index contributed by atoms with van der Waals surface area (Å²) >= 11 is 6.07. The lowest BCUT2D eigenvalue weighted by Crippen LogP contribution is -2.37. The van der Waals surface area contributed by atoms with Crippen LogP contribution >= 0.6 is 11.6 Å². The summed E-state index contributed by atoms with van der Waals surface area (Å²) in [7, 11) is -3.72. The zero-order valence-electron chi connectivity index (χ0n) is 14.9. The van der Waals surface area contributed by atoms with Crippen molar-refractivity contribution >= 4 is 27.5 Å². The van der Waals surface area contributed by atoms with Crippen LogP contribution in [-0.2, 0) is 10.0 Å². The number of hydrogen-bond donors (Lipinski definition) is 0. The normalized spacial score (nSPS) is 16.2. The van der Waals surface area contributed by atoms with E-state index in [9.17, 15) is 17.6 Å². The van der Waals surface area contributed by atoms with Gasteiger partial charge in [-0.2, -0.15) is 4.31 Å². The Labute approximate surface area is 163 Å². The fraction of sp³-hybridized carbons (Fsp3) is 0.316. The van der Waals surface area contributed by atoms with Crippen LogP contribution < -0.4 is 0 Å². The number of nitrogens with zero attached hydrogens (tertiary/aromatic N) is 2. The molecule has 0 aromatic heterocycles. The molecule has 0 saturated carbocycles. The summed E-state index contributed by atoms with van der Waals surface area (Å²) in [4.78, 5) is 14.3. The molecule has 2 aromatic rings. The average molecular weight is 411 g/mol. The molecule has 0 unspecified atom stereocenters. The van der Waals surface area contributed by atoms with E-state index in [1.807, 2.05) is 0 Å². The van der Waals surface area contributed by atoms with Crippen LogP contribution in [0.25, 0.3) is 0 Å². The number of hydrogen-bond acceptors (Lipinski definition) is 3. The van der Waals surface area contributed by atoms with Crippen molar-refractivity contribution < 1.29 is 17.6 Å². The maximum absolute atomic E-state index is 13.9. The van der Waals surface area contributed by atoms with E-state index in [0.29, 0.717) is 23.6 Å². The average Bonchev–Trinajstić information content (AvgIpc) is 2.90. The molecule has 1 saturated heterocycles. The lowest BCUT2D eigenvalue weighted by Gasteiger charge is -2.23. The lowest BCUT2D eigenvalue weighted by molar-refractivity contribution is 0.0759. The molecule has 2 aromatic carbocycles. The van der Waals surface area contributed by atoms with Crippen LogP contribution in [0, 0.1) is 12.7 Å². The lowest BCUT2D eigenvalue weighted by atomic mass is 10.2. The Kier molecular flexibility index (Phi) is 5.83. The van der Waals surface area contributed by atoms with Crippen molar-refractivity contribution in [1.82, 2.24) is 9.21 Å². The summed E-state index contributed by atoms with van der Waals surface area (Å²) in [6, 6.07) is 10.6. The summed E-state index contributed by atoms with van der Waals surface area (Å²) in [5.41, 5.74) is 0.502.